The van der Waals surface area contributed by atoms with Crippen LogP contribution in [0.3, 0.4) is 0 Å². The van der Waals surface area contributed by atoms with E-state index in [1.165, 1.54) is 11.1 Å². The van der Waals surface area contributed by atoms with E-state index in [1.807, 2.05) is 35.2 Å². The number of hydrogen-bond donors (Lipinski definition) is 1. The lowest BCUT2D eigenvalue weighted by molar-refractivity contribution is 0.0734. The molecule has 3 aromatic carbocycles. The Balaban J connectivity index is 1.46. The molecule has 0 spiro atoms. The van der Waals surface area contributed by atoms with E-state index in [0.717, 1.165) is 35.2 Å². The van der Waals surface area contributed by atoms with Gasteiger partial charge in [0.25, 0.3) is 5.91 Å². The number of amides is 1. The Morgan fingerprint density at radius 3 is 2.47 bits per heavy atom. The van der Waals surface area contributed by atoms with Gasteiger partial charge in [-0.3, -0.25) is 4.79 Å². The highest BCUT2D eigenvalue weighted by atomic mass is 79.9. The highest BCUT2D eigenvalue weighted by Gasteiger charge is 2.22. The predicted octanol–water partition coefficient (Wildman–Crippen LogP) is 5.38. The third-order valence-electron chi connectivity index (χ3n) is 5.64. The Morgan fingerprint density at radius 2 is 1.77 bits per heavy atom. The normalized spacial score (nSPS) is 13.1. The van der Waals surface area contributed by atoms with Crippen LogP contribution in [-0.4, -0.2) is 29.0 Å². The Hall–Kier alpha value is -2.79. The molecule has 0 fully saturated rings. The summed E-state index contributed by atoms with van der Waals surface area (Å²) in [6.07, 6.45) is 0.816. The highest BCUT2D eigenvalue weighted by Crippen LogP contribution is 2.25. The molecule has 1 N–H and O–H groups in total. The standard InChI is InChI=1S/C25H25BrN2O2/c1-2-27(16-18-3-8-22(26)9-4-18)23-10-5-20(6-11-23)25(30)28-14-13-19-7-12-24(29)15-21(19)17-28/h3-12,15,29H,2,13-14,16-17H2,1H3. The smallest absolute Gasteiger partial charge is 0.254 e. The first kappa shape index (κ1) is 20.5. The van der Waals surface area contributed by atoms with E-state index in [9.17, 15) is 9.90 Å². The maximum atomic E-state index is 13.0. The Morgan fingerprint density at radius 1 is 1.03 bits per heavy atom. The molecule has 1 amide bonds. The van der Waals surface area contributed by atoms with Gasteiger partial charge in [-0.25, -0.2) is 0 Å². The summed E-state index contributed by atoms with van der Waals surface area (Å²) in [6.45, 7) is 5.08. The fraction of sp³-hybridized carbons (Fsp3) is 0.240. The average molecular weight is 465 g/mol. The molecular weight excluding hydrogens is 440 g/mol. The van der Waals surface area contributed by atoms with Gasteiger partial charge < -0.3 is 14.9 Å². The van der Waals surface area contributed by atoms with E-state index < -0.39 is 0 Å². The summed E-state index contributed by atoms with van der Waals surface area (Å²) in [4.78, 5) is 17.2. The van der Waals surface area contributed by atoms with Crippen molar-refractivity contribution in [1.82, 2.24) is 4.90 Å². The number of nitrogens with zero attached hydrogens (tertiary/aromatic N) is 2. The molecule has 5 heteroatoms. The number of rotatable bonds is 5. The molecule has 0 radical (unpaired) electrons. The van der Waals surface area contributed by atoms with E-state index >= 15 is 0 Å². The second-order valence-corrected chi connectivity index (χ2v) is 8.53. The van der Waals surface area contributed by atoms with Crippen LogP contribution in [0.1, 0.15) is 34.0 Å². The van der Waals surface area contributed by atoms with Crippen molar-refractivity contribution in [3.63, 3.8) is 0 Å². The van der Waals surface area contributed by atoms with E-state index in [1.54, 1.807) is 12.1 Å². The van der Waals surface area contributed by atoms with Crippen molar-refractivity contribution >= 4 is 27.5 Å². The zero-order chi connectivity index (χ0) is 21.1. The van der Waals surface area contributed by atoms with Gasteiger partial charge >= 0.3 is 0 Å². The van der Waals surface area contributed by atoms with Crippen LogP contribution in [-0.2, 0) is 19.5 Å². The number of carbonyl (C=O) groups excluding carboxylic acids is 1. The first-order chi connectivity index (χ1) is 14.5. The summed E-state index contributed by atoms with van der Waals surface area (Å²) in [5.41, 5.74) is 5.28. The predicted molar refractivity (Wildman–Crippen MR) is 124 cm³/mol. The maximum absolute atomic E-state index is 13.0. The molecule has 30 heavy (non-hydrogen) atoms. The van der Waals surface area contributed by atoms with Gasteiger partial charge in [-0.1, -0.05) is 34.1 Å². The van der Waals surface area contributed by atoms with Gasteiger partial charge in [0.1, 0.15) is 5.75 Å². The van der Waals surface area contributed by atoms with Crippen LogP contribution < -0.4 is 4.90 Å². The molecule has 154 valence electrons. The van der Waals surface area contributed by atoms with Gasteiger partial charge in [-0.15, -0.1) is 0 Å². The molecule has 0 atom stereocenters. The van der Waals surface area contributed by atoms with Gasteiger partial charge in [0.2, 0.25) is 0 Å². The number of benzene rings is 3. The number of halogens is 1. The minimum atomic E-state index is 0.0338. The first-order valence-electron chi connectivity index (χ1n) is 10.2. The maximum Gasteiger partial charge on any atom is 0.254 e. The van der Waals surface area contributed by atoms with Crippen LogP contribution in [0.2, 0.25) is 0 Å². The molecule has 0 bridgehead atoms. The highest BCUT2D eigenvalue weighted by molar-refractivity contribution is 9.10. The minimum absolute atomic E-state index is 0.0338. The summed E-state index contributed by atoms with van der Waals surface area (Å²) < 4.78 is 1.08. The third-order valence-corrected chi connectivity index (χ3v) is 6.17. The molecular formula is C25H25BrN2O2. The van der Waals surface area contributed by atoms with Crippen molar-refractivity contribution in [2.24, 2.45) is 0 Å². The molecule has 1 heterocycles. The van der Waals surface area contributed by atoms with Crippen LogP contribution in [0, 0.1) is 0 Å². The van der Waals surface area contributed by atoms with Crippen molar-refractivity contribution in [1.29, 1.82) is 0 Å². The van der Waals surface area contributed by atoms with Crippen molar-refractivity contribution in [3.8, 4) is 5.75 Å². The molecule has 0 saturated carbocycles. The largest absolute Gasteiger partial charge is 0.508 e. The molecule has 0 saturated heterocycles. The number of fused-ring (bicyclic) bond motifs is 1. The van der Waals surface area contributed by atoms with Gasteiger partial charge in [-0.05, 0) is 78.6 Å². The number of phenolic OH excluding ortho intramolecular Hbond substituents is 1. The van der Waals surface area contributed by atoms with E-state index in [0.29, 0.717) is 18.7 Å². The zero-order valence-corrected chi connectivity index (χ0v) is 18.6. The second kappa shape index (κ2) is 8.92. The fourth-order valence-electron chi connectivity index (χ4n) is 3.91. The molecule has 0 aliphatic carbocycles. The van der Waals surface area contributed by atoms with Gasteiger partial charge in [0.05, 0.1) is 0 Å². The minimum Gasteiger partial charge on any atom is -0.508 e. The summed E-state index contributed by atoms with van der Waals surface area (Å²) >= 11 is 3.48. The average Bonchev–Trinajstić information content (AvgIpc) is 2.78. The van der Waals surface area contributed by atoms with Crippen molar-refractivity contribution in [3.05, 3.63) is 93.5 Å². The summed E-state index contributed by atoms with van der Waals surface area (Å²) in [5, 5.41) is 9.74. The van der Waals surface area contributed by atoms with E-state index in [4.69, 9.17) is 0 Å². The van der Waals surface area contributed by atoms with Crippen LogP contribution in [0.4, 0.5) is 5.69 Å². The SMILES string of the molecule is CCN(Cc1ccc(Br)cc1)c1ccc(C(=O)N2CCc3ccc(O)cc3C2)cc1. The number of aromatic hydroxyl groups is 1. The Kier molecular flexibility index (Phi) is 6.09. The molecule has 1 aliphatic rings. The van der Waals surface area contributed by atoms with Gasteiger partial charge in [-0.2, -0.15) is 0 Å². The van der Waals surface area contributed by atoms with Crippen molar-refractivity contribution in [2.45, 2.75) is 26.4 Å². The first-order valence-corrected chi connectivity index (χ1v) is 11.0. The zero-order valence-electron chi connectivity index (χ0n) is 17.0. The van der Waals surface area contributed by atoms with Crippen molar-refractivity contribution < 1.29 is 9.90 Å². The lowest BCUT2D eigenvalue weighted by atomic mass is 9.99. The third kappa shape index (κ3) is 4.51. The molecule has 0 aromatic heterocycles. The summed E-state index contributed by atoms with van der Waals surface area (Å²) in [6, 6.07) is 21.7. The second-order valence-electron chi connectivity index (χ2n) is 7.62. The molecule has 1 aliphatic heterocycles. The summed E-state index contributed by atoms with van der Waals surface area (Å²) in [5.74, 6) is 0.282. The van der Waals surface area contributed by atoms with Crippen LogP contribution in [0.5, 0.6) is 5.75 Å². The lowest BCUT2D eigenvalue weighted by Gasteiger charge is -2.29. The number of phenols is 1. The topological polar surface area (TPSA) is 43.8 Å². The van der Waals surface area contributed by atoms with Crippen LogP contribution in [0.25, 0.3) is 0 Å². The van der Waals surface area contributed by atoms with Crippen molar-refractivity contribution in [2.75, 3.05) is 18.0 Å². The fourth-order valence-corrected chi connectivity index (χ4v) is 4.17. The van der Waals surface area contributed by atoms with Crippen LogP contribution >= 0.6 is 15.9 Å². The van der Waals surface area contributed by atoms with Gasteiger partial charge in [0.15, 0.2) is 0 Å². The van der Waals surface area contributed by atoms with E-state index in [2.05, 4.69) is 52.0 Å². The number of hydrogen-bond acceptors (Lipinski definition) is 3. The monoisotopic (exact) mass is 464 g/mol. The quantitative estimate of drug-likeness (QED) is 0.550. The Bertz CT molecular complexity index is 1030. The van der Waals surface area contributed by atoms with Crippen LogP contribution in [0.15, 0.2) is 71.2 Å². The molecule has 0 unspecified atom stereocenters. The molecule has 4 rings (SSSR count). The van der Waals surface area contributed by atoms with Gasteiger partial charge in [0, 0.05) is 41.9 Å². The Labute approximate surface area is 185 Å². The molecule has 4 nitrogen and oxygen atoms in total. The van der Waals surface area contributed by atoms with E-state index in [-0.39, 0.29) is 11.7 Å². The molecule has 3 aromatic rings. The number of anilines is 1. The summed E-state index contributed by atoms with van der Waals surface area (Å²) in [7, 11) is 0. The number of carbonyl (C=O) groups is 1. The lowest BCUT2D eigenvalue weighted by Crippen LogP contribution is -2.35.